The van der Waals surface area contributed by atoms with E-state index in [1.54, 1.807) is 20.4 Å². The van der Waals surface area contributed by atoms with E-state index in [1.165, 1.54) is 0 Å². The minimum Gasteiger partial charge on any atom is -0.496 e. The maximum Gasteiger partial charge on any atom is 0.126 e. The first-order valence-corrected chi connectivity index (χ1v) is 5.19. The molecule has 0 aliphatic heterocycles. The molecular weight excluding hydrogens is 218 g/mol. The van der Waals surface area contributed by atoms with Gasteiger partial charge in [-0.25, -0.2) is 0 Å². The highest BCUT2D eigenvalue weighted by atomic mass is 16.5. The summed E-state index contributed by atoms with van der Waals surface area (Å²) in [5.74, 6) is 2.05. The highest BCUT2D eigenvalue weighted by Gasteiger charge is 2.12. The fourth-order valence-corrected chi connectivity index (χ4v) is 1.77. The highest BCUT2D eigenvalue weighted by molar-refractivity contribution is 5.76. The molecule has 90 valence electrons. The van der Waals surface area contributed by atoms with Gasteiger partial charge in [-0.15, -0.1) is 0 Å². The van der Waals surface area contributed by atoms with Crippen LogP contribution in [0.25, 0.3) is 11.1 Å². The Labute approximate surface area is 99.5 Å². The third-order valence-electron chi connectivity index (χ3n) is 2.73. The number of nitrogens with one attached hydrogen (secondary N) is 1. The molecule has 0 amide bonds. The Balaban J connectivity index is 2.60. The van der Waals surface area contributed by atoms with Gasteiger partial charge in [-0.05, 0) is 24.6 Å². The number of benzene rings is 1. The molecule has 0 unspecified atom stereocenters. The van der Waals surface area contributed by atoms with Crippen molar-refractivity contribution in [3.63, 3.8) is 0 Å². The first kappa shape index (κ1) is 11.3. The summed E-state index contributed by atoms with van der Waals surface area (Å²) in [7, 11) is 3.26. The Hall–Kier alpha value is -2.17. The lowest BCUT2D eigenvalue weighted by Crippen LogP contribution is -1.94. The Morgan fingerprint density at radius 3 is 2.18 bits per heavy atom. The van der Waals surface area contributed by atoms with Gasteiger partial charge in [0.25, 0.3) is 0 Å². The molecule has 5 nitrogen and oxygen atoms in total. The molecule has 0 spiro atoms. The zero-order chi connectivity index (χ0) is 12.4. The lowest BCUT2D eigenvalue weighted by Gasteiger charge is -2.12. The standard InChI is InChI=1S/C12H15N3O2/c1-7-10(16-2)4-8(5-11(7)17-3)9-6-14-15-12(9)13/h4-6H,1-3H3,(H3,13,14,15). The number of hydrogen-bond acceptors (Lipinski definition) is 4. The summed E-state index contributed by atoms with van der Waals surface area (Å²) < 4.78 is 10.6. The molecule has 17 heavy (non-hydrogen) atoms. The number of H-pyrrole nitrogens is 1. The number of rotatable bonds is 3. The van der Waals surface area contributed by atoms with Crippen LogP contribution in [0.5, 0.6) is 11.5 Å². The van der Waals surface area contributed by atoms with Crippen molar-refractivity contribution in [3.05, 3.63) is 23.9 Å². The fourth-order valence-electron chi connectivity index (χ4n) is 1.77. The second-order valence-electron chi connectivity index (χ2n) is 3.70. The summed E-state index contributed by atoms with van der Waals surface area (Å²) in [5, 5.41) is 6.60. The number of hydrogen-bond donors (Lipinski definition) is 2. The lowest BCUT2D eigenvalue weighted by atomic mass is 10.0. The molecule has 0 atom stereocenters. The van der Waals surface area contributed by atoms with Crippen LogP contribution in [0, 0.1) is 6.92 Å². The Bertz CT molecular complexity index is 509. The van der Waals surface area contributed by atoms with Gasteiger partial charge >= 0.3 is 0 Å². The normalized spacial score (nSPS) is 10.3. The summed E-state index contributed by atoms with van der Waals surface area (Å²) in [5.41, 5.74) is 8.50. The molecule has 3 N–H and O–H groups in total. The van der Waals surface area contributed by atoms with Crippen LogP contribution in [0.4, 0.5) is 5.82 Å². The average Bonchev–Trinajstić information content (AvgIpc) is 2.76. The van der Waals surface area contributed by atoms with Gasteiger partial charge in [-0.1, -0.05) is 0 Å². The fraction of sp³-hybridized carbons (Fsp3) is 0.250. The zero-order valence-electron chi connectivity index (χ0n) is 10.1. The number of anilines is 1. The second-order valence-corrected chi connectivity index (χ2v) is 3.70. The summed E-state index contributed by atoms with van der Waals surface area (Å²) in [4.78, 5) is 0. The van der Waals surface area contributed by atoms with Gasteiger partial charge in [-0.3, -0.25) is 5.10 Å². The van der Waals surface area contributed by atoms with Gasteiger partial charge in [0, 0.05) is 11.1 Å². The Morgan fingerprint density at radius 1 is 1.18 bits per heavy atom. The SMILES string of the molecule is COc1cc(-c2cn[nH]c2N)cc(OC)c1C. The number of aromatic amines is 1. The third kappa shape index (κ3) is 1.91. The van der Waals surface area contributed by atoms with Crippen LogP contribution >= 0.6 is 0 Å². The van der Waals surface area contributed by atoms with E-state index >= 15 is 0 Å². The smallest absolute Gasteiger partial charge is 0.126 e. The molecular formula is C12H15N3O2. The highest BCUT2D eigenvalue weighted by Crippen LogP contribution is 2.35. The van der Waals surface area contributed by atoms with E-state index in [1.807, 2.05) is 19.1 Å². The number of nitrogens with two attached hydrogens (primary N) is 1. The minimum absolute atomic E-state index is 0.526. The second kappa shape index (κ2) is 4.37. The van der Waals surface area contributed by atoms with Crippen LogP contribution in [0.3, 0.4) is 0 Å². The van der Waals surface area contributed by atoms with Crippen molar-refractivity contribution in [2.75, 3.05) is 20.0 Å². The Kier molecular flexibility index (Phi) is 2.91. The molecule has 0 saturated heterocycles. The summed E-state index contributed by atoms with van der Waals surface area (Å²) in [6.07, 6.45) is 1.68. The maximum absolute atomic E-state index is 5.79. The molecule has 0 fully saturated rings. The molecule has 2 aromatic rings. The molecule has 0 aliphatic carbocycles. The van der Waals surface area contributed by atoms with Gasteiger partial charge in [-0.2, -0.15) is 5.10 Å². The molecule has 0 bridgehead atoms. The van der Waals surface area contributed by atoms with Crippen molar-refractivity contribution >= 4 is 5.82 Å². The van der Waals surface area contributed by atoms with E-state index in [0.717, 1.165) is 28.2 Å². The van der Waals surface area contributed by atoms with Gasteiger partial charge in [0.05, 0.1) is 20.4 Å². The van der Waals surface area contributed by atoms with E-state index in [2.05, 4.69) is 10.2 Å². The summed E-state index contributed by atoms with van der Waals surface area (Å²) in [6.45, 7) is 1.94. The van der Waals surface area contributed by atoms with Crippen molar-refractivity contribution in [3.8, 4) is 22.6 Å². The number of aromatic nitrogens is 2. The largest absolute Gasteiger partial charge is 0.496 e. The van der Waals surface area contributed by atoms with Crippen molar-refractivity contribution in [1.29, 1.82) is 0 Å². The van der Waals surface area contributed by atoms with Gasteiger partial charge < -0.3 is 15.2 Å². The van der Waals surface area contributed by atoms with Crippen LogP contribution < -0.4 is 15.2 Å². The van der Waals surface area contributed by atoms with Crippen LogP contribution in [-0.2, 0) is 0 Å². The maximum atomic E-state index is 5.79. The van der Waals surface area contributed by atoms with Crippen LogP contribution in [-0.4, -0.2) is 24.4 Å². The molecule has 1 aromatic carbocycles. The van der Waals surface area contributed by atoms with E-state index in [0.29, 0.717) is 5.82 Å². The minimum atomic E-state index is 0.526. The topological polar surface area (TPSA) is 73.2 Å². The first-order valence-electron chi connectivity index (χ1n) is 5.19. The molecule has 5 heteroatoms. The summed E-state index contributed by atoms with van der Waals surface area (Å²) >= 11 is 0. The molecule has 0 aliphatic rings. The molecule has 1 aromatic heterocycles. The quantitative estimate of drug-likeness (QED) is 0.850. The van der Waals surface area contributed by atoms with E-state index in [4.69, 9.17) is 15.2 Å². The van der Waals surface area contributed by atoms with Crippen LogP contribution in [0.15, 0.2) is 18.3 Å². The van der Waals surface area contributed by atoms with Gasteiger partial charge in [0.2, 0.25) is 0 Å². The Morgan fingerprint density at radius 2 is 1.76 bits per heavy atom. The van der Waals surface area contributed by atoms with E-state index < -0.39 is 0 Å². The van der Waals surface area contributed by atoms with Crippen molar-refractivity contribution in [1.82, 2.24) is 10.2 Å². The van der Waals surface area contributed by atoms with Gasteiger partial charge in [0.15, 0.2) is 0 Å². The zero-order valence-corrected chi connectivity index (χ0v) is 10.1. The van der Waals surface area contributed by atoms with E-state index in [-0.39, 0.29) is 0 Å². The van der Waals surface area contributed by atoms with Crippen LogP contribution in [0.1, 0.15) is 5.56 Å². The predicted octanol–water partition coefficient (Wildman–Crippen LogP) is 1.98. The third-order valence-corrected chi connectivity index (χ3v) is 2.73. The number of nitrogen functional groups attached to an aromatic ring is 1. The van der Waals surface area contributed by atoms with Crippen molar-refractivity contribution < 1.29 is 9.47 Å². The molecule has 2 rings (SSSR count). The predicted molar refractivity (Wildman–Crippen MR) is 66.3 cm³/mol. The average molecular weight is 233 g/mol. The molecule has 1 heterocycles. The summed E-state index contributed by atoms with van der Waals surface area (Å²) in [6, 6.07) is 3.83. The first-order chi connectivity index (χ1) is 8.17. The number of nitrogens with zero attached hydrogens (tertiary/aromatic N) is 1. The van der Waals surface area contributed by atoms with Crippen LogP contribution in [0.2, 0.25) is 0 Å². The molecule has 0 saturated carbocycles. The van der Waals surface area contributed by atoms with Crippen molar-refractivity contribution in [2.24, 2.45) is 0 Å². The lowest BCUT2D eigenvalue weighted by molar-refractivity contribution is 0.389. The number of ether oxygens (including phenoxy) is 2. The number of methoxy groups -OCH3 is 2. The monoisotopic (exact) mass is 233 g/mol. The van der Waals surface area contributed by atoms with E-state index in [9.17, 15) is 0 Å². The molecule has 0 radical (unpaired) electrons. The van der Waals surface area contributed by atoms with Gasteiger partial charge in [0.1, 0.15) is 17.3 Å². The van der Waals surface area contributed by atoms with Crippen molar-refractivity contribution in [2.45, 2.75) is 6.92 Å².